The summed E-state index contributed by atoms with van der Waals surface area (Å²) < 4.78 is 30.7. The standard InChI is InChI=1S/C15H15NO5S/c1-9-3-5-10(6-4-9)22(19,20)16-12-8-7-11(15(18)21-2)13(12)14(16)17/h3-7,12-13H,8H2,1-2H3. The van der Waals surface area contributed by atoms with E-state index in [2.05, 4.69) is 4.74 Å². The van der Waals surface area contributed by atoms with Gasteiger partial charge in [0.05, 0.1) is 24.0 Å². The van der Waals surface area contributed by atoms with Gasteiger partial charge in [0, 0.05) is 5.57 Å². The van der Waals surface area contributed by atoms with E-state index in [0.29, 0.717) is 6.42 Å². The quantitative estimate of drug-likeness (QED) is 0.613. The molecule has 0 spiro atoms. The number of rotatable bonds is 3. The fourth-order valence-corrected chi connectivity index (χ4v) is 4.54. The highest BCUT2D eigenvalue weighted by molar-refractivity contribution is 7.89. The van der Waals surface area contributed by atoms with Gasteiger partial charge in [-0.25, -0.2) is 17.5 Å². The first kappa shape index (κ1) is 14.8. The molecular weight excluding hydrogens is 306 g/mol. The molecule has 1 aliphatic carbocycles. The highest BCUT2D eigenvalue weighted by atomic mass is 32.2. The normalized spacial score (nSPS) is 23.6. The number of aryl methyl sites for hydroxylation is 1. The molecule has 0 bridgehead atoms. The van der Waals surface area contributed by atoms with Gasteiger partial charge in [0.1, 0.15) is 0 Å². The maximum Gasteiger partial charge on any atom is 0.334 e. The van der Waals surface area contributed by atoms with Crippen LogP contribution in [0.2, 0.25) is 0 Å². The number of amides is 1. The fourth-order valence-electron chi connectivity index (χ4n) is 2.91. The maximum absolute atomic E-state index is 12.6. The first-order valence-electron chi connectivity index (χ1n) is 6.81. The smallest absolute Gasteiger partial charge is 0.334 e. The van der Waals surface area contributed by atoms with Crippen LogP contribution in [0.1, 0.15) is 12.0 Å². The van der Waals surface area contributed by atoms with E-state index in [4.69, 9.17) is 0 Å². The minimum Gasteiger partial charge on any atom is -0.466 e. The minimum atomic E-state index is -3.88. The van der Waals surface area contributed by atoms with Gasteiger partial charge in [0.15, 0.2) is 0 Å². The zero-order valence-electron chi connectivity index (χ0n) is 12.1. The van der Waals surface area contributed by atoms with E-state index in [1.54, 1.807) is 18.2 Å². The number of carbonyl (C=O) groups is 2. The second kappa shape index (κ2) is 4.95. The summed E-state index contributed by atoms with van der Waals surface area (Å²) in [5.41, 5.74) is 1.19. The Hall–Kier alpha value is -2.15. The van der Waals surface area contributed by atoms with Gasteiger partial charge in [-0.05, 0) is 25.5 Å². The first-order valence-corrected chi connectivity index (χ1v) is 8.25. The summed E-state index contributed by atoms with van der Waals surface area (Å²) >= 11 is 0. The number of benzene rings is 1. The van der Waals surface area contributed by atoms with Crippen molar-refractivity contribution in [2.75, 3.05) is 7.11 Å². The Labute approximate surface area is 128 Å². The van der Waals surface area contributed by atoms with Crippen molar-refractivity contribution in [1.82, 2.24) is 4.31 Å². The van der Waals surface area contributed by atoms with Crippen molar-refractivity contribution in [2.45, 2.75) is 24.3 Å². The molecule has 2 unspecified atom stereocenters. The number of carbonyl (C=O) groups excluding carboxylic acids is 2. The molecule has 1 aromatic carbocycles. The van der Waals surface area contributed by atoms with Crippen molar-refractivity contribution in [3.63, 3.8) is 0 Å². The third-order valence-corrected chi connectivity index (χ3v) is 5.92. The fraction of sp³-hybridized carbons (Fsp3) is 0.333. The number of hydrogen-bond acceptors (Lipinski definition) is 5. The Kier molecular flexibility index (Phi) is 3.32. The number of esters is 1. The van der Waals surface area contributed by atoms with Gasteiger partial charge in [0.2, 0.25) is 5.91 Å². The summed E-state index contributed by atoms with van der Waals surface area (Å²) in [6, 6.07) is 5.81. The summed E-state index contributed by atoms with van der Waals surface area (Å²) in [4.78, 5) is 23.9. The van der Waals surface area contributed by atoms with Gasteiger partial charge in [-0.2, -0.15) is 0 Å². The third-order valence-electron chi connectivity index (χ3n) is 4.08. The number of β-lactam (4-membered cyclic amide) rings is 1. The lowest BCUT2D eigenvalue weighted by molar-refractivity contribution is -0.147. The highest BCUT2D eigenvalue weighted by Gasteiger charge is 2.58. The molecule has 1 heterocycles. The lowest BCUT2D eigenvalue weighted by Gasteiger charge is -2.42. The Morgan fingerprint density at radius 2 is 1.91 bits per heavy atom. The Bertz CT molecular complexity index is 779. The summed E-state index contributed by atoms with van der Waals surface area (Å²) in [6.45, 7) is 1.85. The Morgan fingerprint density at radius 1 is 1.27 bits per heavy atom. The zero-order valence-corrected chi connectivity index (χ0v) is 13.0. The Balaban J connectivity index is 1.89. The van der Waals surface area contributed by atoms with Crippen LogP contribution in [-0.4, -0.2) is 37.8 Å². The molecule has 1 amide bonds. The summed E-state index contributed by atoms with van der Waals surface area (Å²) in [5, 5.41) is 0. The number of ether oxygens (including phenoxy) is 1. The Morgan fingerprint density at radius 3 is 2.50 bits per heavy atom. The van der Waals surface area contributed by atoms with Crippen molar-refractivity contribution in [3.8, 4) is 0 Å². The van der Waals surface area contributed by atoms with Crippen LogP contribution in [-0.2, 0) is 24.3 Å². The van der Waals surface area contributed by atoms with Crippen molar-refractivity contribution in [3.05, 3.63) is 41.5 Å². The average Bonchev–Trinajstić information content (AvgIpc) is 2.85. The molecule has 2 aliphatic rings. The number of methoxy groups -OCH3 is 1. The number of fused-ring (bicyclic) bond motifs is 1. The van der Waals surface area contributed by atoms with E-state index < -0.39 is 33.9 Å². The molecule has 1 saturated heterocycles. The lowest BCUT2D eigenvalue weighted by Crippen LogP contribution is -2.61. The van der Waals surface area contributed by atoms with Crippen molar-refractivity contribution < 1.29 is 22.7 Å². The lowest BCUT2D eigenvalue weighted by atomic mass is 9.89. The number of nitrogens with zero attached hydrogens (tertiary/aromatic N) is 1. The van der Waals surface area contributed by atoms with Gasteiger partial charge in [-0.15, -0.1) is 0 Å². The molecule has 7 heteroatoms. The predicted molar refractivity (Wildman–Crippen MR) is 77.2 cm³/mol. The molecule has 22 heavy (non-hydrogen) atoms. The van der Waals surface area contributed by atoms with Crippen LogP contribution in [0.3, 0.4) is 0 Å². The number of hydrogen-bond donors (Lipinski definition) is 0. The van der Waals surface area contributed by atoms with Crippen LogP contribution < -0.4 is 0 Å². The molecule has 2 atom stereocenters. The van der Waals surface area contributed by atoms with Gasteiger partial charge in [0.25, 0.3) is 10.0 Å². The second-order valence-electron chi connectivity index (χ2n) is 5.38. The van der Waals surface area contributed by atoms with E-state index in [1.807, 2.05) is 6.92 Å². The average molecular weight is 321 g/mol. The van der Waals surface area contributed by atoms with Gasteiger partial charge in [-0.3, -0.25) is 4.79 Å². The zero-order chi connectivity index (χ0) is 16.1. The van der Waals surface area contributed by atoms with Crippen molar-refractivity contribution in [1.29, 1.82) is 0 Å². The van der Waals surface area contributed by atoms with E-state index >= 15 is 0 Å². The van der Waals surface area contributed by atoms with Crippen LogP contribution in [0.15, 0.2) is 40.8 Å². The molecule has 0 saturated carbocycles. The topological polar surface area (TPSA) is 80.8 Å². The molecule has 6 nitrogen and oxygen atoms in total. The van der Waals surface area contributed by atoms with Gasteiger partial charge in [-0.1, -0.05) is 23.8 Å². The summed E-state index contributed by atoms with van der Waals surface area (Å²) in [6.07, 6.45) is 1.93. The van der Waals surface area contributed by atoms with Gasteiger partial charge >= 0.3 is 5.97 Å². The van der Waals surface area contributed by atoms with E-state index in [0.717, 1.165) is 9.87 Å². The van der Waals surface area contributed by atoms with E-state index in [1.165, 1.54) is 19.2 Å². The third kappa shape index (κ3) is 1.96. The molecule has 0 aromatic heterocycles. The van der Waals surface area contributed by atoms with Crippen molar-refractivity contribution in [2.24, 2.45) is 5.92 Å². The molecule has 1 fully saturated rings. The largest absolute Gasteiger partial charge is 0.466 e. The number of sulfonamides is 1. The predicted octanol–water partition coefficient (Wildman–Crippen LogP) is 1.01. The summed E-state index contributed by atoms with van der Waals surface area (Å²) in [5.74, 6) is -1.85. The van der Waals surface area contributed by atoms with E-state index in [9.17, 15) is 18.0 Å². The SMILES string of the molecule is COC(=O)C1=CCC2C1C(=O)N2S(=O)(=O)c1ccc(C)cc1. The molecule has 0 N–H and O–H groups in total. The van der Waals surface area contributed by atoms with Crippen molar-refractivity contribution >= 4 is 21.9 Å². The molecule has 3 rings (SSSR count). The van der Waals surface area contributed by atoms with Crippen LogP contribution in [0.25, 0.3) is 0 Å². The van der Waals surface area contributed by atoms with E-state index in [-0.39, 0.29) is 10.5 Å². The monoisotopic (exact) mass is 321 g/mol. The molecule has 1 aromatic rings. The summed E-state index contributed by atoms with van der Waals surface area (Å²) in [7, 11) is -2.64. The highest BCUT2D eigenvalue weighted by Crippen LogP contribution is 2.43. The molecule has 0 radical (unpaired) electrons. The molecule has 1 aliphatic heterocycles. The van der Waals surface area contributed by atoms with Crippen LogP contribution in [0, 0.1) is 12.8 Å². The van der Waals surface area contributed by atoms with Crippen LogP contribution in [0.4, 0.5) is 0 Å². The van der Waals surface area contributed by atoms with Crippen LogP contribution >= 0.6 is 0 Å². The molecule has 116 valence electrons. The maximum atomic E-state index is 12.6. The minimum absolute atomic E-state index is 0.0800. The van der Waals surface area contributed by atoms with Gasteiger partial charge < -0.3 is 4.74 Å². The second-order valence-corrected chi connectivity index (χ2v) is 7.20. The first-order chi connectivity index (χ1) is 10.4. The molecular formula is C15H15NO5S. The van der Waals surface area contributed by atoms with Crippen LogP contribution in [0.5, 0.6) is 0 Å².